The van der Waals surface area contributed by atoms with E-state index in [-0.39, 0.29) is 0 Å². The van der Waals surface area contributed by atoms with E-state index in [1.807, 2.05) is 0 Å². The Labute approximate surface area is 183 Å². The molecule has 2 aromatic rings. The molecule has 1 aliphatic heterocycles. The van der Waals surface area contributed by atoms with Crippen molar-refractivity contribution >= 4 is 36.6 Å². The first-order valence-corrected chi connectivity index (χ1v) is 12.6. The molecule has 14 heteroatoms. The van der Waals surface area contributed by atoms with Crippen molar-refractivity contribution in [1.29, 1.82) is 0 Å². The summed E-state index contributed by atoms with van der Waals surface area (Å²) < 4.78 is 22.5. The highest BCUT2D eigenvalue weighted by atomic mass is 32.2. The number of ether oxygens (including phenoxy) is 1. The van der Waals surface area contributed by atoms with Gasteiger partial charge in [-0.3, -0.25) is 9.09 Å². The van der Waals surface area contributed by atoms with Gasteiger partial charge < -0.3 is 30.1 Å². The van der Waals surface area contributed by atoms with Crippen LogP contribution in [-0.2, 0) is 13.8 Å². The molecule has 5 N–H and O–H groups in total. The Morgan fingerprint density at radius 2 is 2.03 bits per heavy atom. The molecule has 1 fully saturated rings. The number of aliphatic hydroxyl groups excluding tert-OH is 2. The topological polar surface area (TPSA) is 172 Å². The lowest BCUT2D eigenvalue weighted by Gasteiger charge is -2.17. The number of imidazole rings is 1. The number of nitrogens with zero attached hydrogens (tertiary/aromatic N) is 4. The number of fused-ring (bicyclic) bond motifs is 1. The van der Waals surface area contributed by atoms with Crippen LogP contribution >= 0.6 is 19.6 Å². The predicted molar refractivity (Wildman–Crippen MR) is 114 cm³/mol. The number of thioether (sulfide) groups is 1. The lowest BCUT2D eigenvalue weighted by molar-refractivity contribution is -0.0504. The van der Waals surface area contributed by atoms with Crippen LogP contribution in [0.1, 0.15) is 39.3 Å². The number of aliphatic hydroxyl groups is 2. The van der Waals surface area contributed by atoms with E-state index in [1.54, 1.807) is 0 Å². The second-order valence-corrected chi connectivity index (χ2v) is 9.44. The van der Waals surface area contributed by atoms with Crippen molar-refractivity contribution < 1.29 is 33.8 Å². The first-order valence-electron chi connectivity index (χ1n) is 10.1. The second kappa shape index (κ2) is 10.5. The monoisotopic (exact) mass is 477 g/mol. The molecule has 0 aromatic carbocycles. The van der Waals surface area contributed by atoms with Crippen LogP contribution in [-0.4, -0.2) is 76.7 Å². The van der Waals surface area contributed by atoms with E-state index in [0.717, 1.165) is 31.6 Å². The highest BCUT2D eigenvalue weighted by Crippen LogP contribution is 2.39. The van der Waals surface area contributed by atoms with Crippen LogP contribution in [0.5, 0.6) is 0 Å². The van der Waals surface area contributed by atoms with Gasteiger partial charge in [0.25, 0.3) is 0 Å². The number of phosphoric ester groups is 1. The fourth-order valence-electron chi connectivity index (χ4n) is 3.11. The molecule has 4 atom stereocenters. The van der Waals surface area contributed by atoms with Crippen molar-refractivity contribution in [3.05, 3.63) is 6.33 Å². The summed E-state index contributed by atoms with van der Waals surface area (Å²) in [6.45, 7) is 4.28. The van der Waals surface area contributed by atoms with Crippen LogP contribution in [0.3, 0.4) is 0 Å². The first kappa shape index (κ1) is 24.3. The van der Waals surface area contributed by atoms with Gasteiger partial charge >= 0.3 is 7.82 Å². The number of rotatable bonds is 11. The maximum Gasteiger partial charge on any atom is 0.469 e. The third-order valence-electron chi connectivity index (χ3n) is 4.68. The fourth-order valence-corrected chi connectivity index (χ4v) is 4.15. The number of anilines is 1. The molecule has 12 nitrogen and oxygen atoms in total. The molecule has 1 saturated heterocycles. The Morgan fingerprint density at radius 1 is 1.26 bits per heavy atom. The molecule has 1 aliphatic rings. The summed E-state index contributed by atoms with van der Waals surface area (Å²) in [5.41, 5.74) is 0.914. The summed E-state index contributed by atoms with van der Waals surface area (Å²) in [5, 5.41) is 24.6. The van der Waals surface area contributed by atoms with E-state index in [1.165, 1.54) is 22.7 Å². The van der Waals surface area contributed by atoms with Gasteiger partial charge in [0.05, 0.1) is 12.9 Å². The normalized spacial score (nSPS) is 24.2. The molecule has 2 unspecified atom stereocenters. The molecule has 0 radical (unpaired) electrons. The average molecular weight is 477 g/mol. The number of aromatic nitrogens is 4. The number of nitrogens with one attached hydrogen (secondary N) is 1. The van der Waals surface area contributed by atoms with Gasteiger partial charge in [-0.15, -0.1) is 0 Å². The van der Waals surface area contributed by atoms with Crippen molar-refractivity contribution in [3.63, 3.8) is 0 Å². The molecular formula is C17H28N5O7PS. The molecule has 3 heterocycles. The zero-order chi connectivity index (χ0) is 22.6. The van der Waals surface area contributed by atoms with Crippen molar-refractivity contribution in [2.75, 3.05) is 24.2 Å². The standard InChI is InChI=1S/C17H28N5O7PS/c1-3-5-6-18-14-11-15(21-17(20-14)31-7-4-2)22(9-19-11)16-13(24)12(23)10(29-16)8-28-30(25,26)27/h9-10,12-13,16,23-24H,3-8H2,1-2H3,(H,18,20,21)(H2,25,26,27)/t10-,12?,13?,16-/m1/s1. The third-order valence-corrected chi connectivity index (χ3v) is 6.22. The lowest BCUT2D eigenvalue weighted by Crippen LogP contribution is -2.33. The predicted octanol–water partition coefficient (Wildman–Crippen LogP) is 1.27. The van der Waals surface area contributed by atoms with E-state index in [4.69, 9.17) is 14.5 Å². The smallest absolute Gasteiger partial charge is 0.387 e. The van der Waals surface area contributed by atoms with Crippen LogP contribution in [0.2, 0.25) is 0 Å². The molecular weight excluding hydrogens is 449 g/mol. The number of phosphoric acid groups is 1. The van der Waals surface area contributed by atoms with E-state index in [0.29, 0.717) is 22.1 Å². The quantitative estimate of drug-likeness (QED) is 0.136. The van der Waals surface area contributed by atoms with Gasteiger partial charge in [-0.2, -0.15) is 0 Å². The molecule has 31 heavy (non-hydrogen) atoms. The van der Waals surface area contributed by atoms with E-state index >= 15 is 0 Å². The number of hydrogen-bond donors (Lipinski definition) is 5. The van der Waals surface area contributed by atoms with Gasteiger partial charge in [-0.25, -0.2) is 19.5 Å². The van der Waals surface area contributed by atoms with E-state index < -0.39 is 39.0 Å². The first-order chi connectivity index (χ1) is 14.7. The second-order valence-electron chi connectivity index (χ2n) is 7.14. The highest BCUT2D eigenvalue weighted by Gasteiger charge is 2.45. The van der Waals surface area contributed by atoms with Crippen LogP contribution in [0.15, 0.2) is 11.5 Å². The third kappa shape index (κ3) is 5.93. The molecule has 3 rings (SSSR count). The number of hydrogen-bond acceptors (Lipinski definition) is 10. The molecule has 2 aromatic heterocycles. The van der Waals surface area contributed by atoms with Gasteiger partial charge in [0.1, 0.15) is 18.3 Å². The fraction of sp³-hybridized carbons (Fsp3) is 0.706. The molecule has 0 saturated carbocycles. The Morgan fingerprint density at radius 3 is 2.71 bits per heavy atom. The summed E-state index contributed by atoms with van der Waals surface area (Å²) in [4.78, 5) is 31.3. The summed E-state index contributed by atoms with van der Waals surface area (Å²) in [7, 11) is -4.74. The molecule has 0 aliphatic carbocycles. The lowest BCUT2D eigenvalue weighted by atomic mass is 10.1. The molecule has 0 spiro atoms. The largest absolute Gasteiger partial charge is 0.469 e. The van der Waals surface area contributed by atoms with Gasteiger partial charge in [-0.05, 0) is 12.8 Å². The molecule has 0 amide bonds. The van der Waals surface area contributed by atoms with Crippen LogP contribution < -0.4 is 5.32 Å². The van der Waals surface area contributed by atoms with Crippen molar-refractivity contribution in [2.24, 2.45) is 0 Å². The van der Waals surface area contributed by atoms with Crippen molar-refractivity contribution in [1.82, 2.24) is 19.5 Å². The summed E-state index contributed by atoms with van der Waals surface area (Å²) >= 11 is 1.49. The highest BCUT2D eigenvalue weighted by molar-refractivity contribution is 7.99. The van der Waals surface area contributed by atoms with Crippen LogP contribution in [0.25, 0.3) is 11.2 Å². The summed E-state index contributed by atoms with van der Waals surface area (Å²) in [6, 6.07) is 0. The minimum Gasteiger partial charge on any atom is -0.387 e. The minimum atomic E-state index is -4.74. The van der Waals surface area contributed by atoms with Crippen molar-refractivity contribution in [3.8, 4) is 0 Å². The minimum absolute atomic E-state index is 0.417. The van der Waals surface area contributed by atoms with E-state index in [2.05, 4.69) is 38.6 Å². The maximum absolute atomic E-state index is 11.0. The van der Waals surface area contributed by atoms with Gasteiger partial charge in [0, 0.05) is 12.3 Å². The molecule has 0 bridgehead atoms. The van der Waals surface area contributed by atoms with E-state index in [9.17, 15) is 14.8 Å². The summed E-state index contributed by atoms with van der Waals surface area (Å²) in [6.07, 6.45) is -0.622. The van der Waals surface area contributed by atoms with Crippen LogP contribution in [0, 0.1) is 0 Å². The number of unbranched alkanes of at least 4 members (excludes halogenated alkanes) is 1. The zero-order valence-corrected chi connectivity index (χ0v) is 19.0. The van der Waals surface area contributed by atoms with Gasteiger partial charge in [0.2, 0.25) is 0 Å². The Kier molecular flexibility index (Phi) is 8.27. The Bertz CT molecular complexity index is 926. The maximum atomic E-state index is 11.0. The van der Waals surface area contributed by atoms with Gasteiger partial charge in [-0.1, -0.05) is 32.0 Å². The van der Waals surface area contributed by atoms with Crippen molar-refractivity contribution in [2.45, 2.75) is 62.8 Å². The van der Waals surface area contributed by atoms with Crippen LogP contribution in [0.4, 0.5) is 5.82 Å². The SMILES string of the molecule is CCCCNc1nc(SCCC)nc2c1ncn2[C@@H]1O[C@H](COP(=O)(O)O)C(O)C1O. The average Bonchev–Trinajstić information content (AvgIpc) is 3.26. The Hall–Kier alpha value is -1.31. The zero-order valence-electron chi connectivity index (χ0n) is 17.3. The summed E-state index contributed by atoms with van der Waals surface area (Å²) in [5.74, 6) is 1.40. The van der Waals surface area contributed by atoms with Gasteiger partial charge in [0.15, 0.2) is 28.4 Å². The molecule has 174 valence electrons. The Balaban J connectivity index is 1.90.